The first kappa shape index (κ1) is 30.8. The molecule has 5 nitrogen and oxygen atoms in total. The Labute approximate surface area is 176 Å². The van der Waals surface area contributed by atoms with Gasteiger partial charge >= 0.3 is 47.9 Å². The van der Waals surface area contributed by atoms with Gasteiger partial charge in [-0.05, 0) is 6.42 Å². The molecule has 0 aliphatic heterocycles. The van der Waals surface area contributed by atoms with E-state index in [9.17, 15) is 66.7 Å². The number of rotatable bonds is 10. The molecule has 0 aromatic rings. The van der Waals surface area contributed by atoms with Crippen LogP contribution in [-0.4, -0.2) is 67.6 Å². The highest BCUT2D eigenvalue weighted by Crippen LogP contribution is 2.61. The van der Waals surface area contributed by atoms with Gasteiger partial charge in [-0.1, -0.05) is 13.8 Å². The minimum absolute atomic E-state index is 0.0194. The first-order chi connectivity index (χ1) is 14.5. The van der Waals surface area contributed by atoms with Gasteiger partial charge in [-0.2, -0.15) is 57.1 Å². The van der Waals surface area contributed by atoms with Gasteiger partial charge in [-0.15, -0.1) is 0 Å². The van der Waals surface area contributed by atoms with E-state index in [1.165, 1.54) is 12.2 Å². The lowest BCUT2D eigenvalue weighted by atomic mass is 9.84. The van der Waals surface area contributed by atoms with E-state index in [2.05, 4.69) is 9.47 Å². The molecule has 0 spiro atoms. The molecular formula is C15H16F13NO4. The summed E-state index contributed by atoms with van der Waals surface area (Å²) in [5.74, 6) is -43.8. The molecule has 0 fully saturated rings. The molecule has 0 saturated heterocycles. The number of nitrogens with one attached hydrogen (secondary N) is 1. The molecule has 33 heavy (non-hydrogen) atoms. The minimum atomic E-state index is -8.08. The third kappa shape index (κ3) is 5.17. The Balaban J connectivity index is 6.53. The monoisotopic (exact) mass is 521 g/mol. The molecule has 0 bridgehead atoms. The Hall–Kier alpha value is -2.17. The number of alkyl halides is 13. The Bertz CT molecular complexity index is 708. The predicted octanol–water partition coefficient (Wildman–Crippen LogP) is 5.04. The zero-order chi connectivity index (χ0) is 26.8. The van der Waals surface area contributed by atoms with E-state index in [0.717, 1.165) is 0 Å². The number of hydrogen-bond acceptors (Lipinski definition) is 4. The summed E-state index contributed by atoms with van der Waals surface area (Å²) in [5, 5.41) is 1.19. The predicted molar refractivity (Wildman–Crippen MR) is 80.5 cm³/mol. The van der Waals surface area contributed by atoms with Gasteiger partial charge < -0.3 is 14.8 Å². The number of esters is 1. The molecule has 0 heterocycles. The lowest BCUT2D eigenvalue weighted by Crippen LogP contribution is -2.72. The van der Waals surface area contributed by atoms with Crippen LogP contribution >= 0.6 is 0 Å². The summed E-state index contributed by atoms with van der Waals surface area (Å²) >= 11 is 0. The summed E-state index contributed by atoms with van der Waals surface area (Å²) in [6.07, 6.45) is -9.37. The summed E-state index contributed by atoms with van der Waals surface area (Å²) in [4.78, 5) is 23.0. The van der Waals surface area contributed by atoms with Gasteiger partial charge in [0.2, 0.25) is 0 Å². The largest absolute Gasteiger partial charge is 0.464 e. The summed E-state index contributed by atoms with van der Waals surface area (Å²) in [5.41, 5.74) is 0. The molecule has 18 heteroatoms. The summed E-state index contributed by atoms with van der Waals surface area (Å²) < 4.78 is 181. The van der Waals surface area contributed by atoms with Gasteiger partial charge in [-0.3, -0.25) is 0 Å². The number of hydrogen-bond donors (Lipinski definition) is 1. The third-order valence-electron chi connectivity index (χ3n) is 4.19. The van der Waals surface area contributed by atoms with Crippen molar-refractivity contribution in [3.05, 3.63) is 0 Å². The van der Waals surface area contributed by atoms with Crippen LogP contribution in [0.15, 0.2) is 0 Å². The summed E-state index contributed by atoms with van der Waals surface area (Å²) in [6.45, 7) is 0.558. The van der Waals surface area contributed by atoms with Crippen molar-refractivity contribution in [2.75, 3.05) is 13.7 Å². The van der Waals surface area contributed by atoms with E-state index in [-0.39, 0.29) is 13.3 Å². The van der Waals surface area contributed by atoms with Crippen LogP contribution in [0, 0.1) is 5.92 Å². The maximum absolute atomic E-state index is 14.3. The molecule has 0 rings (SSSR count). The number of ether oxygens (including phenoxy) is 2. The van der Waals surface area contributed by atoms with Crippen LogP contribution in [0.5, 0.6) is 0 Å². The fraction of sp³-hybridized carbons (Fsp3) is 0.867. The van der Waals surface area contributed by atoms with Crippen LogP contribution in [0.2, 0.25) is 0 Å². The maximum atomic E-state index is 14.3. The Morgan fingerprint density at radius 1 is 0.788 bits per heavy atom. The first-order valence-corrected chi connectivity index (χ1v) is 8.45. The second-order valence-electron chi connectivity index (χ2n) is 6.49. The molecule has 0 aliphatic rings. The highest BCUT2D eigenvalue weighted by molar-refractivity contribution is 5.81. The number of halogens is 13. The molecule has 0 radical (unpaired) electrons. The van der Waals surface area contributed by atoms with Crippen molar-refractivity contribution in [2.45, 2.75) is 62.1 Å². The van der Waals surface area contributed by atoms with Gasteiger partial charge in [0.05, 0.1) is 19.6 Å². The van der Waals surface area contributed by atoms with Crippen molar-refractivity contribution in [3.63, 3.8) is 0 Å². The molecule has 1 amide bonds. The molecule has 0 aliphatic carbocycles. The molecule has 0 aromatic heterocycles. The van der Waals surface area contributed by atoms with E-state index in [1.54, 1.807) is 0 Å². The molecule has 2 unspecified atom stereocenters. The van der Waals surface area contributed by atoms with Crippen LogP contribution < -0.4 is 5.32 Å². The van der Waals surface area contributed by atoms with Crippen LogP contribution in [0.3, 0.4) is 0 Å². The second kappa shape index (κ2) is 9.60. The number of carbonyl (C=O) groups excluding carboxylic acids is 2. The van der Waals surface area contributed by atoms with E-state index in [1.807, 2.05) is 0 Å². The highest BCUT2D eigenvalue weighted by Gasteiger charge is 2.91. The summed E-state index contributed by atoms with van der Waals surface area (Å²) in [7, 11) is 0.565. The van der Waals surface area contributed by atoms with Crippen molar-refractivity contribution in [1.29, 1.82) is 0 Å². The van der Waals surface area contributed by atoms with Crippen molar-refractivity contribution in [2.24, 2.45) is 5.92 Å². The SMILES string of the molecule is CCCOC(=O)C(NC(=O)OC)C(C)C(F)(F)C(F)(F)C(F)(F)C(F)(F)C(F)(F)C(F)(F)F. The third-order valence-corrected chi connectivity index (χ3v) is 4.19. The zero-order valence-electron chi connectivity index (χ0n) is 16.6. The second-order valence-corrected chi connectivity index (χ2v) is 6.49. The fourth-order valence-corrected chi connectivity index (χ4v) is 2.14. The van der Waals surface area contributed by atoms with Crippen molar-refractivity contribution >= 4 is 12.1 Å². The average Bonchev–Trinajstić information content (AvgIpc) is 2.67. The van der Waals surface area contributed by atoms with Gasteiger partial charge in [0, 0.05) is 0 Å². The minimum Gasteiger partial charge on any atom is -0.464 e. The van der Waals surface area contributed by atoms with Crippen molar-refractivity contribution in [1.82, 2.24) is 5.32 Å². The van der Waals surface area contributed by atoms with Crippen LogP contribution in [-0.2, 0) is 14.3 Å². The molecule has 0 saturated carbocycles. The number of alkyl carbamates (subject to hydrolysis) is 1. The quantitative estimate of drug-likeness (QED) is 0.324. The van der Waals surface area contributed by atoms with E-state index >= 15 is 0 Å². The molecular weight excluding hydrogens is 505 g/mol. The van der Waals surface area contributed by atoms with E-state index in [4.69, 9.17) is 0 Å². The first-order valence-electron chi connectivity index (χ1n) is 8.45. The van der Waals surface area contributed by atoms with Gasteiger partial charge in [0.15, 0.2) is 0 Å². The summed E-state index contributed by atoms with van der Waals surface area (Å²) in [6, 6.07) is -3.02. The standard InChI is InChI=1S/C15H16F13NO4/c1-4-5-33-8(30)7(29-9(31)32-3)6(2)10(16,17)11(18,19)12(20,21)13(22,23)14(24,25)15(26,27)28/h6-7H,4-5H2,1-3H3,(H,29,31). The lowest BCUT2D eigenvalue weighted by molar-refractivity contribution is -0.443. The highest BCUT2D eigenvalue weighted by atomic mass is 19.4. The molecule has 196 valence electrons. The van der Waals surface area contributed by atoms with Gasteiger partial charge in [0.1, 0.15) is 6.04 Å². The fourth-order valence-electron chi connectivity index (χ4n) is 2.14. The Morgan fingerprint density at radius 2 is 1.21 bits per heavy atom. The van der Waals surface area contributed by atoms with Gasteiger partial charge in [0.25, 0.3) is 0 Å². The molecule has 2 atom stereocenters. The topological polar surface area (TPSA) is 64.6 Å². The number of methoxy groups -OCH3 is 1. The molecule has 0 aromatic carbocycles. The average molecular weight is 521 g/mol. The smallest absolute Gasteiger partial charge is 0.460 e. The molecule has 1 N–H and O–H groups in total. The van der Waals surface area contributed by atoms with Gasteiger partial charge in [-0.25, -0.2) is 9.59 Å². The Morgan fingerprint density at radius 3 is 1.58 bits per heavy atom. The lowest BCUT2D eigenvalue weighted by Gasteiger charge is -2.42. The maximum Gasteiger partial charge on any atom is 0.460 e. The zero-order valence-corrected chi connectivity index (χ0v) is 16.6. The van der Waals surface area contributed by atoms with Crippen molar-refractivity contribution < 1.29 is 76.1 Å². The van der Waals surface area contributed by atoms with Crippen molar-refractivity contribution in [3.8, 4) is 0 Å². The Kier molecular flexibility index (Phi) is 8.97. The van der Waals surface area contributed by atoms with Crippen LogP contribution in [0.4, 0.5) is 61.9 Å². The van der Waals surface area contributed by atoms with Crippen LogP contribution in [0.25, 0.3) is 0 Å². The normalized spacial score (nSPS) is 16.1. The number of carbonyl (C=O) groups is 2. The van der Waals surface area contributed by atoms with E-state index < -0.39 is 66.4 Å². The van der Waals surface area contributed by atoms with E-state index in [0.29, 0.717) is 7.11 Å². The number of amides is 1. The van der Waals surface area contributed by atoms with Crippen LogP contribution in [0.1, 0.15) is 20.3 Å².